The second-order valence-electron chi connectivity index (χ2n) is 12.2. The van der Waals surface area contributed by atoms with Crippen molar-refractivity contribution in [2.75, 3.05) is 0 Å². The Morgan fingerprint density at radius 2 is 1.75 bits per heavy atom. The highest BCUT2D eigenvalue weighted by Crippen LogP contribution is 2.69. The normalized spacial score (nSPS) is 52.4. The maximum absolute atomic E-state index is 14.0. The fraction of sp³-hybridized carbons (Fsp3) is 0.962. The minimum atomic E-state index is -1.88. The number of aliphatic carboxylic acids is 1. The molecular weight excluding hydrogens is 411 g/mol. The molecule has 6 heteroatoms. The van der Waals surface area contributed by atoms with Crippen molar-refractivity contribution in [1.82, 2.24) is 0 Å². The lowest BCUT2D eigenvalue weighted by molar-refractivity contribution is -0.228. The first-order chi connectivity index (χ1) is 15.0. The number of carboxylic acids is 1. The van der Waals surface area contributed by atoms with Gasteiger partial charge in [-0.25, -0.2) is 9.18 Å². The minimum absolute atomic E-state index is 0.00313. The smallest absolute Gasteiger partial charge is 0.338 e. The van der Waals surface area contributed by atoms with Crippen LogP contribution in [0, 0.1) is 52.3 Å². The summed E-state index contributed by atoms with van der Waals surface area (Å²) in [5.41, 5.74) is -0.432. The molecule has 0 aliphatic heterocycles. The maximum Gasteiger partial charge on any atom is 0.338 e. The van der Waals surface area contributed by atoms with Gasteiger partial charge < -0.3 is 20.4 Å². The molecule has 4 fully saturated rings. The van der Waals surface area contributed by atoms with E-state index in [9.17, 15) is 24.5 Å². The fourth-order valence-corrected chi connectivity index (χ4v) is 9.48. The average Bonchev–Trinajstić information content (AvgIpc) is 3.09. The molecule has 0 bridgehead atoms. The number of aliphatic hydroxyl groups excluding tert-OH is 3. The van der Waals surface area contributed by atoms with Crippen molar-refractivity contribution in [3.05, 3.63) is 0 Å². The van der Waals surface area contributed by atoms with Crippen LogP contribution >= 0.6 is 0 Å². The van der Waals surface area contributed by atoms with E-state index in [1.165, 1.54) is 0 Å². The van der Waals surface area contributed by atoms with Crippen LogP contribution in [0.5, 0.6) is 0 Å². The molecule has 4 saturated carbocycles. The lowest BCUT2D eigenvalue weighted by atomic mass is 9.41. The molecule has 4 rings (SSSR count). The quantitative estimate of drug-likeness (QED) is 0.503. The second-order valence-corrected chi connectivity index (χ2v) is 12.2. The van der Waals surface area contributed by atoms with Crippen molar-refractivity contribution in [3.63, 3.8) is 0 Å². The van der Waals surface area contributed by atoms with Gasteiger partial charge in [-0.3, -0.25) is 0 Å². The molecule has 5 nitrogen and oxygen atoms in total. The lowest BCUT2D eigenvalue weighted by Crippen LogP contribution is -2.65. The molecule has 0 spiro atoms. The number of aliphatic hydroxyl groups is 3. The van der Waals surface area contributed by atoms with Crippen LogP contribution in [0.25, 0.3) is 0 Å². The third-order valence-electron chi connectivity index (χ3n) is 11.1. The Balaban J connectivity index is 1.66. The van der Waals surface area contributed by atoms with Crippen LogP contribution in [0.1, 0.15) is 79.1 Å². The van der Waals surface area contributed by atoms with E-state index in [-0.39, 0.29) is 59.4 Å². The molecule has 4 N–H and O–H groups in total. The van der Waals surface area contributed by atoms with Gasteiger partial charge >= 0.3 is 5.97 Å². The van der Waals surface area contributed by atoms with Crippen LogP contribution < -0.4 is 0 Å². The van der Waals surface area contributed by atoms with E-state index in [2.05, 4.69) is 20.8 Å². The van der Waals surface area contributed by atoms with Crippen LogP contribution in [0.2, 0.25) is 0 Å². The summed E-state index contributed by atoms with van der Waals surface area (Å²) in [4.78, 5) is 11.1. The average molecular weight is 455 g/mol. The second kappa shape index (κ2) is 8.49. The molecule has 4 unspecified atom stereocenters. The summed E-state index contributed by atoms with van der Waals surface area (Å²) in [5.74, 6) is -0.619. The topological polar surface area (TPSA) is 98.0 Å². The zero-order valence-electron chi connectivity index (χ0n) is 20.1. The van der Waals surface area contributed by atoms with E-state index in [0.29, 0.717) is 6.42 Å². The van der Waals surface area contributed by atoms with Crippen molar-refractivity contribution in [2.45, 2.75) is 104 Å². The van der Waals surface area contributed by atoms with E-state index in [1.807, 2.05) is 6.92 Å². The molecule has 0 aromatic heterocycles. The Morgan fingerprint density at radius 3 is 2.38 bits per heavy atom. The van der Waals surface area contributed by atoms with Crippen molar-refractivity contribution < 1.29 is 29.6 Å². The van der Waals surface area contributed by atoms with Gasteiger partial charge in [0.15, 0.2) is 6.17 Å². The molecule has 0 saturated heterocycles. The number of hydrogen-bond donors (Lipinski definition) is 4. The number of alkyl halides is 1. The highest BCUT2D eigenvalue weighted by molar-refractivity contribution is 5.72. The summed E-state index contributed by atoms with van der Waals surface area (Å²) in [6.45, 7) is 8.52. The Morgan fingerprint density at radius 1 is 1.06 bits per heavy atom. The summed E-state index contributed by atoms with van der Waals surface area (Å²) in [6, 6.07) is 0. The predicted molar refractivity (Wildman–Crippen MR) is 119 cm³/mol. The number of hydrogen-bond acceptors (Lipinski definition) is 4. The molecule has 0 aromatic rings. The Bertz CT molecular complexity index is 716. The first-order valence-electron chi connectivity index (χ1n) is 12.9. The fourth-order valence-electron chi connectivity index (χ4n) is 9.48. The summed E-state index contributed by atoms with van der Waals surface area (Å²) < 4.78 is 14.0. The van der Waals surface area contributed by atoms with Crippen LogP contribution in [-0.4, -0.2) is 50.9 Å². The van der Waals surface area contributed by atoms with Gasteiger partial charge in [0, 0.05) is 0 Å². The van der Waals surface area contributed by atoms with E-state index >= 15 is 0 Å². The molecular formula is C26H43FO5. The Hall–Kier alpha value is -0.720. The predicted octanol–water partition coefficient (Wildman–Crippen LogP) is 4.03. The minimum Gasteiger partial charge on any atom is -0.479 e. The van der Waals surface area contributed by atoms with E-state index < -0.39 is 29.8 Å². The number of carboxylic acid groups (broad SMARTS) is 1. The standard InChI is InChI=1S/C26H43FO5/c1-5-15-18-11-14(28)8-9-25(18,3)19-12-21(29)26(4)16(13(2)10-20(27)24(31)32)6-7-17(26)22(19)23(15)30/h13-23,28-30H,5-12H2,1-4H3,(H,31,32)/t13-,14-,15-,16-,17?,18+,19?,20+,21+,22?,23?,25+,26-/m1/s1. The van der Waals surface area contributed by atoms with Crippen LogP contribution in [0.3, 0.4) is 0 Å². The number of halogens is 1. The molecule has 32 heavy (non-hydrogen) atoms. The molecule has 13 atom stereocenters. The SMILES string of the molecule is CC[C@H]1C(O)C2C3CC[C@H]([C@H](C)C[C@H](F)C(=O)O)[C@@]3(C)[C@@H](O)CC2[C@@]2(C)CC[C@@H](O)C[C@@H]12. The summed E-state index contributed by atoms with van der Waals surface area (Å²) in [7, 11) is 0. The largest absolute Gasteiger partial charge is 0.479 e. The van der Waals surface area contributed by atoms with Gasteiger partial charge in [0.1, 0.15) is 0 Å². The summed E-state index contributed by atoms with van der Waals surface area (Å²) in [6.07, 6.45) is 2.51. The lowest BCUT2D eigenvalue weighted by Gasteiger charge is -2.65. The van der Waals surface area contributed by atoms with Crippen LogP contribution in [-0.2, 0) is 4.79 Å². The van der Waals surface area contributed by atoms with Crippen molar-refractivity contribution in [1.29, 1.82) is 0 Å². The molecule has 0 radical (unpaired) electrons. The third kappa shape index (κ3) is 3.46. The van der Waals surface area contributed by atoms with Gasteiger partial charge in [-0.1, -0.05) is 34.1 Å². The van der Waals surface area contributed by atoms with Crippen molar-refractivity contribution >= 4 is 5.97 Å². The Kier molecular flexibility index (Phi) is 6.48. The third-order valence-corrected chi connectivity index (χ3v) is 11.1. The monoisotopic (exact) mass is 454 g/mol. The van der Waals surface area contributed by atoms with Crippen LogP contribution in [0.4, 0.5) is 4.39 Å². The van der Waals surface area contributed by atoms with E-state index in [0.717, 1.165) is 38.5 Å². The molecule has 0 amide bonds. The van der Waals surface area contributed by atoms with E-state index in [4.69, 9.17) is 5.11 Å². The molecule has 0 heterocycles. The summed E-state index contributed by atoms with van der Waals surface area (Å²) in [5, 5.41) is 42.7. The molecule has 4 aliphatic carbocycles. The van der Waals surface area contributed by atoms with Crippen molar-refractivity contribution in [3.8, 4) is 0 Å². The summed E-state index contributed by atoms with van der Waals surface area (Å²) >= 11 is 0. The number of rotatable bonds is 5. The number of carbonyl (C=O) groups is 1. The highest BCUT2D eigenvalue weighted by atomic mass is 19.1. The highest BCUT2D eigenvalue weighted by Gasteiger charge is 2.67. The van der Waals surface area contributed by atoms with Gasteiger partial charge in [-0.15, -0.1) is 0 Å². The molecule has 4 aliphatic rings. The molecule has 0 aromatic carbocycles. The molecule has 184 valence electrons. The first kappa shape index (κ1) is 24.4. The van der Waals surface area contributed by atoms with Gasteiger partial charge in [-0.05, 0) is 97.2 Å². The Labute approximate surface area is 191 Å². The van der Waals surface area contributed by atoms with Crippen molar-refractivity contribution in [2.24, 2.45) is 52.3 Å². The first-order valence-corrected chi connectivity index (χ1v) is 12.9. The van der Waals surface area contributed by atoms with Gasteiger partial charge in [0.25, 0.3) is 0 Å². The van der Waals surface area contributed by atoms with Gasteiger partial charge in [-0.2, -0.15) is 0 Å². The zero-order valence-corrected chi connectivity index (χ0v) is 20.1. The number of fused-ring (bicyclic) bond motifs is 5. The van der Waals surface area contributed by atoms with Gasteiger partial charge in [0.2, 0.25) is 0 Å². The zero-order chi connectivity index (χ0) is 23.6. The van der Waals surface area contributed by atoms with Crippen LogP contribution in [0.15, 0.2) is 0 Å². The van der Waals surface area contributed by atoms with Gasteiger partial charge in [0.05, 0.1) is 18.3 Å². The van der Waals surface area contributed by atoms with E-state index in [1.54, 1.807) is 0 Å². The maximum atomic E-state index is 14.0.